The molecule has 1 atom stereocenters. The molecule has 110 valence electrons. The summed E-state index contributed by atoms with van der Waals surface area (Å²) in [5, 5.41) is 8.98. The molecule has 1 aliphatic rings. The molecule has 0 radical (unpaired) electrons. The van der Waals surface area contributed by atoms with E-state index in [0.717, 1.165) is 29.7 Å². The maximum atomic E-state index is 10.9. The van der Waals surface area contributed by atoms with Crippen LogP contribution >= 0.6 is 15.9 Å². The Morgan fingerprint density at radius 1 is 1.55 bits per heavy atom. The maximum Gasteiger partial charge on any atom is 0.335 e. The summed E-state index contributed by atoms with van der Waals surface area (Å²) in [5.74, 6) is -0.904. The number of nitrogens with zero attached hydrogens (tertiary/aromatic N) is 1. The van der Waals surface area contributed by atoms with Crippen molar-refractivity contribution >= 4 is 21.9 Å². The van der Waals surface area contributed by atoms with Crippen LogP contribution in [0.4, 0.5) is 0 Å². The van der Waals surface area contributed by atoms with Crippen molar-refractivity contribution in [2.45, 2.75) is 39.0 Å². The van der Waals surface area contributed by atoms with Gasteiger partial charge in [-0.1, -0.05) is 22.0 Å². The monoisotopic (exact) mass is 341 g/mol. The van der Waals surface area contributed by atoms with Crippen molar-refractivity contribution in [3.63, 3.8) is 0 Å². The zero-order valence-corrected chi connectivity index (χ0v) is 13.6. The first-order valence-electron chi connectivity index (χ1n) is 6.69. The molecule has 0 aromatic heterocycles. The Bertz CT molecular complexity index is 516. The highest BCUT2D eigenvalue weighted by Crippen LogP contribution is 2.25. The Labute approximate surface area is 127 Å². The van der Waals surface area contributed by atoms with Gasteiger partial charge in [0.1, 0.15) is 0 Å². The van der Waals surface area contributed by atoms with Gasteiger partial charge in [-0.3, -0.25) is 4.90 Å². The summed E-state index contributed by atoms with van der Waals surface area (Å²) in [6, 6.07) is 5.19. The van der Waals surface area contributed by atoms with Crippen molar-refractivity contribution in [1.82, 2.24) is 4.90 Å². The molecule has 1 N–H and O–H groups in total. The van der Waals surface area contributed by atoms with E-state index in [9.17, 15) is 4.79 Å². The molecule has 1 saturated heterocycles. The van der Waals surface area contributed by atoms with Gasteiger partial charge >= 0.3 is 5.97 Å². The molecule has 1 unspecified atom stereocenters. The highest BCUT2D eigenvalue weighted by Gasteiger charge is 2.31. The van der Waals surface area contributed by atoms with Crippen LogP contribution in [0, 0.1) is 0 Å². The van der Waals surface area contributed by atoms with Gasteiger partial charge in [0.2, 0.25) is 0 Å². The van der Waals surface area contributed by atoms with Gasteiger partial charge in [0.25, 0.3) is 0 Å². The first-order valence-corrected chi connectivity index (χ1v) is 7.48. The average Bonchev–Trinajstić information content (AvgIpc) is 2.28. The minimum absolute atomic E-state index is 0.148. The van der Waals surface area contributed by atoms with Crippen LogP contribution in [0.3, 0.4) is 0 Å². The second kappa shape index (κ2) is 5.84. The molecule has 0 saturated carbocycles. The van der Waals surface area contributed by atoms with Crippen LogP contribution in [0.25, 0.3) is 0 Å². The van der Waals surface area contributed by atoms with Gasteiger partial charge in [-0.25, -0.2) is 4.79 Å². The van der Waals surface area contributed by atoms with Crippen molar-refractivity contribution in [3.8, 4) is 0 Å². The Hall–Kier alpha value is -0.910. The Balaban J connectivity index is 2.12. The van der Waals surface area contributed by atoms with Gasteiger partial charge in [0.15, 0.2) is 0 Å². The van der Waals surface area contributed by atoms with Crippen molar-refractivity contribution < 1.29 is 14.6 Å². The van der Waals surface area contributed by atoms with Gasteiger partial charge in [-0.2, -0.15) is 0 Å². The van der Waals surface area contributed by atoms with Crippen LogP contribution < -0.4 is 0 Å². The summed E-state index contributed by atoms with van der Waals surface area (Å²) in [6.07, 6.45) is 0.204. The van der Waals surface area contributed by atoms with E-state index in [0.29, 0.717) is 5.56 Å². The topological polar surface area (TPSA) is 49.8 Å². The third kappa shape index (κ3) is 3.81. The van der Waals surface area contributed by atoms with Crippen LogP contribution in [0.1, 0.15) is 36.7 Å². The lowest BCUT2D eigenvalue weighted by molar-refractivity contribution is -0.130. The highest BCUT2D eigenvalue weighted by atomic mass is 79.9. The van der Waals surface area contributed by atoms with Gasteiger partial charge < -0.3 is 9.84 Å². The van der Waals surface area contributed by atoms with E-state index in [1.54, 1.807) is 12.1 Å². The summed E-state index contributed by atoms with van der Waals surface area (Å²) in [4.78, 5) is 13.3. The number of rotatable bonds is 3. The largest absolute Gasteiger partial charge is 0.478 e. The van der Waals surface area contributed by atoms with Crippen molar-refractivity contribution in [1.29, 1.82) is 0 Å². The second-order valence-electron chi connectivity index (χ2n) is 5.97. The number of carbonyl (C=O) groups is 1. The van der Waals surface area contributed by atoms with E-state index in [1.807, 2.05) is 6.07 Å². The molecule has 1 fully saturated rings. The number of ether oxygens (including phenoxy) is 1. The van der Waals surface area contributed by atoms with Crippen LogP contribution in [0.15, 0.2) is 22.7 Å². The third-order valence-electron chi connectivity index (χ3n) is 3.33. The predicted molar refractivity (Wildman–Crippen MR) is 81.0 cm³/mol. The number of hydrogen-bond acceptors (Lipinski definition) is 3. The lowest BCUT2D eigenvalue weighted by Gasteiger charge is -2.41. The predicted octanol–water partition coefficient (Wildman–Crippen LogP) is 3.15. The standard InChI is InChI=1S/C15H20BrNO3/c1-10-7-17(9-15(2,3)20-10)8-12-5-4-11(14(18)19)6-13(12)16/h4-6,10H,7-9H2,1-3H3,(H,18,19). The summed E-state index contributed by atoms with van der Waals surface area (Å²) in [5.41, 5.74) is 1.25. The molecule has 1 aromatic carbocycles. The lowest BCUT2D eigenvalue weighted by Crippen LogP contribution is -2.51. The summed E-state index contributed by atoms with van der Waals surface area (Å²) in [6.45, 7) is 8.81. The number of benzene rings is 1. The molecule has 5 heteroatoms. The fraction of sp³-hybridized carbons (Fsp3) is 0.533. The van der Waals surface area contributed by atoms with Gasteiger partial charge in [-0.15, -0.1) is 0 Å². The Morgan fingerprint density at radius 3 is 2.80 bits per heavy atom. The molecule has 1 heterocycles. The summed E-state index contributed by atoms with van der Waals surface area (Å²) >= 11 is 3.46. The SMILES string of the molecule is CC1CN(Cc2ccc(C(=O)O)cc2Br)CC(C)(C)O1. The molecule has 1 aromatic rings. The molecule has 0 aliphatic carbocycles. The number of morpholine rings is 1. The molecule has 0 amide bonds. The average molecular weight is 342 g/mol. The maximum absolute atomic E-state index is 10.9. The second-order valence-corrected chi connectivity index (χ2v) is 6.82. The molecule has 0 spiro atoms. The van der Waals surface area contributed by atoms with Crippen LogP contribution in [0.2, 0.25) is 0 Å². The van der Waals surface area contributed by atoms with Crippen molar-refractivity contribution in [2.75, 3.05) is 13.1 Å². The number of halogens is 1. The van der Waals surface area contributed by atoms with E-state index in [1.165, 1.54) is 0 Å². The van der Waals surface area contributed by atoms with Crippen LogP contribution in [0.5, 0.6) is 0 Å². The number of hydrogen-bond donors (Lipinski definition) is 1. The minimum Gasteiger partial charge on any atom is -0.478 e. The van der Waals surface area contributed by atoms with E-state index in [2.05, 4.69) is 41.6 Å². The number of carboxylic acid groups (broad SMARTS) is 1. The van der Waals surface area contributed by atoms with E-state index >= 15 is 0 Å². The zero-order valence-electron chi connectivity index (χ0n) is 12.0. The summed E-state index contributed by atoms with van der Waals surface area (Å²) < 4.78 is 6.73. The van der Waals surface area contributed by atoms with Gasteiger partial charge in [0.05, 0.1) is 17.3 Å². The zero-order chi connectivity index (χ0) is 14.9. The first kappa shape index (κ1) is 15.5. The first-order chi connectivity index (χ1) is 9.27. The Kier molecular flexibility index (Phi) is 4.52. The molecule has 4 nitrogen and oxygen atoms in total. The fourth-order valence-electron chi connectivity index (χ4n) is 2.76. The fourth-order valence-corrected chi connectivity index (χ4v) is 3.26. The molecular formula is C15H20BrNO3. The van der Waals surface area contributed by atoms with Crippen LogP contribution in [-0.2, 0) is 11.3 Å². The molecule has 0 bridgehead atoms. The lowest BCUT2D eigenvalue weighted by atomic mass is 10.0. The van der Waals surface area contributed by atoms with E-state index < -0.39 is 5.97 Å². The van der Waals surface area contributed by atoms with E-state index in [-0.39, 0.29) is 11.7 Å². The molecular weight excluding hydrogens is 322 g/mol. The smallest absolute Gasteiger partial charge is 0.335 e. The normalized spacial score (nSPS) is 22.7. The molecule has 1 aliphatic heterocycles. The Morgan fingerprint density at radius 2 is 2.25 bits per heavy atom. The number of aromatic carboxylic acids is 1. The minimum atomic E-state index is -0.904. The molecule has 20 heavy (non-hydrogen) atoms. The third-order valence-corrected chi connectivity index (χ3v) is 4.07. The quantitative estimate of drug-likeness (QED) is 0.917. The van der Waals surface area contributed by atoms with E-state index in [4.69, 9.17) is 9.84 Å². The van der Waals surface area contributed by atoms with Gasteiger partial charge in [-0.05, 0) is 38.5 Å². The number of carboxylic acids is 1. The van der Waals surface area contributed by atoms with Crippen LogP contribution in [-0.4, -0.2) is 40.8 Å². The molecule has 2 rings (SSSR count). The van der Waals surface area contributed by atoms with Gasteiger partial charge in [0, 0.05) is 24.1 Å². The van der Waals surface area contributed by atoms with Crippen molar-refractivity contribution in [2.24, 2.45) is 0 Å². The summed E-state index contributed by atoms with van der Waals surface area (Å²) in [7, 11) is 0. The van der Waals surface area contributed by atoms with Crippen molar-refractivity contribution in [3.05, 3.63) is 33.8 Å². The highest BCUT2D eigenvalue weighted by molar-refractivity contribution is 9.10.